The maximum atomic E-state index is 12.9. The van der Waals surface area contributed by atoms with Crippen LogP contribution in [0.5, 0.6) is 23.0 Å². The first-order valence-corrected chi connectivity index (χ1v) is 11.3. The molecule has 1 heterocycles. The normalized spacial score (nSPS) is 13.3. The van der Waals surface area contributed by atoms with Gasteiger partial charge >= 0.3 is 0 Å². The minimum Gasteiger partial charge on any atom is -0.492 e. The summed E-state index contributed by atoms with van der Waals surface area (Å²) in [6, 6.07) is 9.81. The molecule has 0 saturated carbocycles. The smallest absolute Gasteiger partial charge is 0.231 e. The molecule has 0 amide bonds. The highest BCUT2D eigenvalue weighted by atomic mass is 16.7. The van der Waals surface area contributed by atoms with E-state index in [4.69, 9.17) is 23.7 Å². The lowest BCUT2D eigenvalue weighted by atomic mass is 9.87. The second kappa shape index (κ2) is 11.9. The number of ether oxygens (including phenoxy) is 5. The minimum atomic E-state index is 0.00364. The fourth-order valence-electron chi connectivity index (χ4n) is 4.08. The van der Waals surface area contributed by atoms with E-state index in [-0.39, 0.29) is 25.3 Å². The molecule has 33 heavy (non-hydrogen) atoms. The Bertz CT molecular complexity index is 925. The third-order valence-corrected chi connectivity index (χ3v) is 5.76. The molecular formula is C26H35NO6. The number of hydrogen-bond acceptors (Lipinski definition) is 7. The molecule has 0 fully saturated rings. The molecule has 180 valence electrons. The lowest BCUT2D eigenvalue weighted by Gasteiger charge is -2.22. The van der Waals surface area contributed by atoms with Crippen molar-refractivity contribution in [1.29, 1.82) is 0 Å². The van der Waals surface area contributed by atoms with Gasteiger partial charge in [0, 0.05) is 32.1 Å². The van der Waals surface area contributed by atoms with E-state index < -0.39 is 0 Å². The van der Waals surface area contributed by atoms with Gasteiger partial charge < -0.3 is 28.6 Å². The molecular weight excluding hydrogens is 422 g/mol. The van der Waals surface area contributed by atoms with Crippen LogP contribution in [0.25, 0.3) is 0 Å². The van der Waals surface area contributed by atoms with Crippen LogP contribution >= 0.6 is 0 Å². The Labute approximate surface area is 196 Å². The average Bonchev–Trinajstić information content (AvgIpc) is 3.28. The highest BCUT2D eigenvalue weighted by Crippen LogP contribution is 2.48. The first kappa shape index (κ1) is 24.9. The second-order valence-corrected chi connectivity index (χ2v) is 8.61. The molecule has 1 aliphatic heterocycles. The number of Topliss-reactive ketones (excluding diaryl/α,β-unsaturated/α-hetero) is 1. The fraction of sp³-hybridized carbons (Fsp3) is 0.500. The van der Waals surface area contributed by atoms with Gasteiger partial charge in [-0.2, -0.15) is 0 Å². The standard InChI is InChI=1S/C26H35NO6/c1-18(14-21(28)9-6-19-7-10-22(11-8-19)31-16-29-4)24-20(12-13-27(2)3)15-23-25(26(24)30-5)33-17-32-23/h7-8,10-11,15,18H,6,9,12-14,16-17H2,1-5H3. The summed E-state index contributed by atoms with van der Waals surface area (Å²) in [5, 5.41) is 0. The van der Waals surface area contributed by atoms with E-state index in [0.717, 1.165) is 35.4 Å². The number of likely N-dealkylation sites (N-methyl/N-ethyl adjacent to an activating group) is 1. The Kier molecular flexibility index (Phi) is 8.97. The van der Waals surface area contributed by atoms with Crippen LogP contribution in [0.2, 0.25) is 0 Å². The van der Waals surface area contributed by atoms with Gasteiger partial charge in [-0.25, -0.2) is 0 Å². The molecule has 0 spiro atoms. The number of benzene rings is 2. The van der Waals surface area contributed by atoms with E-state index >= 15 is 0 Å². The summed E-state index contributed by atoms with van der Waals surface area (Å²) in [7, 11) is 7.33. The molecule has 1 atom stereocenters. The second-order valence-electron chi connectivity index (χ2n) is 8.61. The summed E-state index contributed by atoms with van der Waals surface area (Å²) in [5.74, 6) is 3.01. The number of methoxy groups -OCH3 is 2. The molecule has 7 heteroatoms. The predicted molar refractivity (Wildman–Crippen MR) is 127 cm³/mol. The maximum absolute atomic E-state index is 12.9. The predicted octanol–water partition coefficient (Wildman–Crippen LogP) is 4.21. The Morgan fingerprint density at radius 3 is 2.55 bits per heavy atom. The van der Waals surface area contributed by atoms with Crippen LogP contribution in [0.3, 0.4) is 0 Å². The Morgan fingerprint density at radius 2 is 1.88 bits per heavy atom. The van der Waals surface area contributed by atoms with E-state index in [9.17, 15) is 4.79 Å². The number of hydrogen-bond donors (Lipinski definition) is 0. The van der Waals surface area contributed by atoms with Crippen molar-refractivity contribution in [3.8, 4) is 23.0 Å². The summed E-state index contributed by atoms with van der Waals surface area (Å²) >= 11 is 0. The van der Waals surface area contributed by atoms with E-state index in [1.807, 2.05) is 44.4 Å². The fourth-order valence-corrected chi connectivity index (χ4v) is 4.08. The lowest BCUT2D eigenvalue weighted by Crippen LogP contribution is -2.17. The van der Waals surface area contributed by atoms with Gasteiger partial charge in [0.15, 0.2) is 18.3 Å². The Balaban J connectivity index is 1.68. The number of carbonyl (C=O) groups excluding carboxylic acids is 1. The van der Waals surface area contributed by atoms with Gasteiger partial charge in [0.2, 0.25) is 12.5 Å². The first-order chi connectivity index (χ1) is 15.9. The molecule has 0 radical (unpaired) electrons. The topological polar surface area (TPSA) is 66.5 Å². The van der Waals surface area contributed by atoms with E-state index in [1.165, 1.54) is 0 Å². The highest BCUT2D eigenvalue weighted by Gasteiger charge is 2.28. The van der Waals surface area contributed by atoms with Crippen molar-refractivity contribution in [2.75, 3.05) is 48.4 Å². The summed E-state index contributed by atoms with van der Waals surface area (Å²) < 4.78 is 27.4. The van der Waals surface area contributed by atoms with Crippen LogP contribution in [-0.4, -0.2) is 59.1 Å². The number of fused-ring (bicyclic) bond motifs is 1. The van der Waals surface area contributed by atoms with Crippen LogP contribution in [0.15, 0.2) is 30.3 Å². The van der Waals surface area contributed by atoms with Crippen molar-refractivity contribution in [2.45, 2.75) is 38.5 Å². The third kappa shape index (κ3) is 6.62. The summed E-state index contributed by atoms with van der Waals surface area (Å²) in [6.07, 6.45) is 2.47. The quantitative estimate of drug-likeness (QED) is 0.418. The van der Waals surface area contributed by atoms with Gasteiger partial charge in [0.1, 0.15) is 11.5 Å². The zero-order chi connectivity index (χ0) is 23.8. The van der Waals surface area contributed by atoms with Crippen LogP contribution in [-0.2, 0) is 22.4 Å². The van der Waals surface area contributed by atoms with Crippen molar-refractivity contribution in [2.24, 2.45) is 0 Å². The van der Waals surface area contributed by atoms with Gasteiger partial charge in [0.05, 0.1) is 7.11 Å². The zero-order valence-corrected chi connectivity index (χ0v) is 20.3. The summed E-state index contributed by atoms with van der Waals surface area (Å²) in [5.41, 5.74) is 3.28. The average molecular weight is 458 g/mol. The molecule has 0 N–H and O–H groups in total. The Hall–Kier alpha value is -2.77. The molecule has 2 aromatic rings. The molecule has 7 nitrogen and oxygen atoms in total. The van der Waals surface area contributed by atoms with E-state index in [1.54, 1.807) is 14.2 Å². The van der Waals surface area contributed by atoms with Gasteiger partial charge in [0.25, 0.3) is 0 Å². The van der Waals surface area contributed by atoms with Crippen molar-refractivity contribution in [3.63, 3.8) is 0 Å². The molecule has 0 aromatic heterocycles. The molecule has 3 rings (SSSR count). The van der Waals surface area contributed by atoms with E-state index in [2.05, 4.69) is 11.8 Å². The number of rotatable bonds is 13. The molecule has 0 saturated heterocycles. The number of nitrogens with zero attached hydrogens (tertiary/aromatic N) is 1. The SMILES string of the molecule is COCOc1ccc(CCC(=O)CC(C)c2c(CCN(C)C)cc3c(c2OC)OCO3)cc1. The van der Waals surface area contributed by atoms with Crippen LogP contribution < -0.4 is 18.9 Å². The largest absolute Gasteiger partial charge is 0.492 e. The van der Waals surface area contributed by atoms with E-state index in [0.29, 0.717) is 36.5 Å². The number of carbonyl (C=O) groups is 1. The Morgan fingerprint density at radius 1 is 1.12 bits per heavy atom. The minimum absolute atomic E-state index is 0.00364. The summed E-state index contributed by atoms with van der Waals surface area (Å²) in [4.78, 5) is 15.0. The highest BCUT2D eigenvalue weighted by molar-refractivity contribution is 5.80. The molecule has 0 bridgehead atoms. The zero-order valence-electron chi connectivity index (χ0n) is 20.3. The third-order valence-electron chi connectivity index (χ3n) is 5.76. The van der Waals surface area contributed by atoms with Gasteiger partial charge in [-0.1, -0.05) is 19.1 Å². The molecule has 1 unspecified atom stereocenters. The van der Waals surface area contributed by atoms with Crippen molar-refractivity contribution in [3.05, 3.63) is 47.0 Å². The number of ketones is 1. The molecule has 1 aliphatic rings. The van der Waals surface area contributed by atoms with Crippen molar-refractivity contribution >= 4 is 5.78 Å². The molecule has 0 aliphatic carbocycles. The van der Waals surface area contributed by atoms with Crippen molar-refractivity contribution in [1.82, 2.24) is 4.90 Å². The van der Waals surface area contributed by atoms with Crippen LogP contribution in [0.4, 0.5) is 0 Å². The van der Waals surface area contributed by atoms with Crippen LogP contribution in [0.1, 0.15) is 42.4 Å². The van der Waals surface area contributed by atoms with Crippen LogP contribution in [0, 0.1) is 0 Å². The number of aryl methyl sites for hydroxylation is 1. The van der Waals surface area contributed by atoms with Crippen molar-refractivity contribution < 1.29 is 28.5 Å². The van der Waals surface area contributed by atoms with Gasteiger partial charge in [-0.15, -0.1) is 0 Å². The lowest BCUT2D eigenvalue weighted by molar-refractivity contribution is -0.119. The maximum Gasteiger partial charge on any atom is 0.231 e. The van der Waals surface area contributed by atoms with Gasteiger partial charge in [-0.3, -0.25) is 4.79 Å². The van der Waals surface area contributed by atoms with Gasteiger partial charge in [-0.05, 0) is 62.2 Å². The molecule has 2 aromatic carbocycles. The monoisotopic (exact) mass is 457 g/mol. The summed E-state index contributed by atoms with van der Waals surface area (Å²) in [6.45, 7) is 3.38. The first-order valence-electron chi connectivity index (χ1n) is 11.3.